The average molecular weight is 442 g/mol. The maximum Gasteiger partial charge on any atom is 0.414 e. The number of nitrogens with zero attached hydrogens (tertiary/aromatic N) is 4. The largest absolute Gasteiger partial charge is 0.497 e. The van der Waals surface area contributed by atoms with Crippen LogP contribution in [0.25, 0.3) is 0 Å². The molecule has 9 nitrogen and oxygen atoms in total. The molecule has 0 radical (unpaired) electrons. The molecule has 0 bridgehead atoms. The van der Waals surface area contributed by atoms with Crippen molar-refractivity contribution in [3.63, 3.8) is 0 Å². The molecule has 31 heavy (non-hydrogen) atoms. The van der Waals surface area contributed by atoms with Gasteiger partial charge in [-0.1, -0.05) is 11.8 Å². The zero-order valence-electron chi connectivity index (χ0n) is 17.7. The number of benzene rings is 1. The monoisotopic (exact) mass is 441 g/mol. The fourth-order valence-corrected chi connectivity index (χ4v) is 3.05. The van der Waals surface area contributed by atoms with Gasteiger partial charge in [-0.15, -0.1) is 0 Å². The van der Waals surface area contributed by atoms with Gasteiger partial charge in [0.2, 0.25) is 0 Å². The van der Waals surface area contributed by atoms with Gasteiger partial charge in [-0.3, -0.25) is 4.90 Å². The van der Waals surface area contributed by atoms with Gasteiger partial charge in [0.05, 0.1) is 34.1 Å². The summed E-state index contributed by atoms with van der Waals surface area (Å²) in [5.41, 5.74) is 1.34. The van der Waals surface area contributed by atoms with E-state index in [1.54, 1.807) is 63.0 Å². The van der Waals surface area contributed by atoms with E-state index in [1.165, 1.54) is 23.8 Å². The highest BCUT2D eigenvalue weighted by Crippen LogP contribution is 2.26. The Bertz CT molecular complexity index is 1020. The molecule has 0 atom stereocenters. The van der Waals surface area contributed by atoms with Crippen molar-refractivity contribution in [2.75, 3.05) is 37.8 Å². The number of methoxy groups -OCH3 is 3. The van der Waals surface area contributed by atoms with Crippen LogP contribution in [0.2, 0.25) is 0 Å². The van der Waals surface area contributed by atoms with Crippen LogP contribution in [0.4, 0.5) is 22.1 Å². The van der Waals surface area contributed by atoms with Gasteiger partial charge in [0.1, 0.15) is 23.1 Å². The third kappa shape index (κ3) is 5.54. The zero-order chi connectivity index (χ0) is 22.2. The van der Waals surface area contributed by atoms with E-state index in [9.17, 15) is 4.79 Å². The lowest BCUT2D eigenvalue weighted by molar-refractivity contribution is 0.178. The van der Waals surface area contributed by atoms with E-state index in [0.29, 0.717) is 39.5 Å². The average Bonchev–Trinajstić information content (AvgIpc) is 2.83. The summed E-state index contributed by atoms with van der Waals surface area (Å²) in [7, 11) is 4.51. The second-order valence-electron chi connectivity index (χ2n) is 6.19. The highest BCUT2D eigenvalue weighted by atomic mass is 32.2. The van der Waals surface area contributed by atoms with Gasteiger partial charge >= 0.3 is 6.09 Å². The number of ether oxygens (including phenoxy) is 3. The quantitative estimate of drug-likeness (QED) is 0.409. The molecule has 0 unspecified atom stereocenters. The molecule has 0 aliphatic rings. The normalized spacial score (nSPS) is 10.3. The highest BCUT2D eigenvalue weighted by molar-refractivity contribution is 7.98. The summed E-state index contributed by atoms with van der Waals surface area (Å²) in [4.78, 5) is 27.2. The molecule has 10 heteroatoms. The van der Waals surface area contributed by atoms with Crippen molar-refractivity contribution in [1.29, 1.82) is 0 Å². The number of rotatable bonds is 8. The Kier molecular flexibility index (Phi) is 7.50. The summed E-state index contributed by atoms with van der Waals surface area (Å²) < 4.78 is 15.3. The molecule has 0 fully saturated rings. The van der Waals surface area contributed by atoms with Crippen molar-refractivity contribution in [3.05, 3.63) is 54.4 Å². The van der Waals surface area contributed by atoms with Crippen LogP contribution >= 0.6 is 11.8 Å². The van der Waals surface area contributed by atoms with E-state index < -0.39 is 6.09 Å². The summed E-state index contributed by atoms with van der Waals surface area (Å²) in [6.07, 6.45) is 4.68. The van der Waals surface area contributed by atoms with Crippen LogP contribution in [0.1, 0.15) is 5.56 Å². The number of hydrogen-bond acceptors (Lipinski definition) is 9. The van der Waals surface area contributed by atoms with Gasteiger partial charge in [0.25, 0.3) is 0 Å². The van der Waals surface area contributed by atoms with E-state index in [4.69, 9.17) is 14.2 Å². The van der Waals surface area contributed by atoms with Crippen LogP contribution in [-0.2, 0) is 11.3 Å². The summed E-state index contributed by atoms with van der Waals surface area (Å²) in [6, 6.07) is 10.7. The second kappa shape index (κ2) is 10.5. The molecule has 1 aromatic carbocycles. The number of hydrogen-bond donors (Lipinski definition) is 1. The van der Waals surface area contributed by atoms with Crippen molar-refractivity contribution in [2.24, 2.45) is 0 Å². The van der Waals surface area contributed by atoms with Gasteiger partial charge in [0, 0.05) is 17.4 Å². The number of nitrogens with one attached hydrogen (secondary N) is 1. The summed E-state index contributed by atoms with van der Waals surface area (Å²) in [6.45, 7) is 0.187. The van der Waals surface area contributed by atoms with Crippen molar-refractivity contribution in [2.45, 2.75) is 11.7 Å². The summed E-state index contributed by atoms with van der Waals surface area (Å²) >= 11 is 1.42. The van der Waals surface area contributed by atoms with Crippen LogP contribution in [0.15, 0.2) is 53.9 Å². The smallest absolute Gasteiger partial charge is 0.414 e. The molecule has 3 rings (SSSR count). The number of carbonyl (C=O) groups excluding carboxylic acids is 1. The van der Waals surface area contributed by atoms with E-state index in [2.05, 4.69) is 20.3 Å². The fourth-order valence-electron chi connectivity index (χ4n) is 2.71. The number of aromatic nitrogens is 3. The molecule has 1 amide bonds. The van der Waals surface area contributed by atoms with Gasteiger partial charge in [-0.05, 0) is 42.7 Å². The van der Waals surface area contributed by atoms with Gasteiger partial charge in [-0.25, -0.2) is 19.7 Å². The topological polar surface area (TPSA) is 98.7 Å². The highest BCUT2D eigenvalue weighted by Gasteiger charge is 2.20. The first-order chi connectivity index (χ1) is 15.1. The van der Waals surface area contributed by atoms with E-state index >= 15 is 0 Å². The van der Waals surface area contributed by atoms with Gasteiger partial charge in [-0.2, -0.15) is 0 Å². The maximum absolute atomic E-state index is 12.5. The van der Waals surface area contributed by atoms with Crippen LogP contribution in [0.5, 0.6) is 11.5 Å². The minimum absolute atomic E-state index is 0.187. The Morgan fingerprint density at radius 3 is 2.29 bits per heavy atom. The second-order valence-corrected chi connectivity index (χ2v) is 6.97. The minimum atomic E-state index is -0.507. The maximum atomic E-state index is 12.5. The first-order valence-corrected chi connectivity index (χ1v) is 10.5. The minimum Gasteiger partial charge on any atom is -0.497 e. The lowest BCUT2D eigenvalue weighted by Crippen LogP contribution is -2.30. The molecule has 1 N–H and O–H groups in total. The standard InChI is InChI=1S/C21H23N5O4S/c1-28-16-7-5-15(6-8-16)26(21(27)30-3)13-14-11-23-20(31-4)25-19(14)24-18-10-9-17(29-2)12-22-18/h5-12H,13H2,1-4H3,(H,22,23,24,25). The molecule has 162 valence electrons. The molecule has 3 aromatic rings. The molecule has 2 aromatic heterocycles. The molecular formula is C21H23N5O4S. The fraction of sp³-hybridized carbons (Fsp3) is 0.238. The first-order valence-electron chi connectivity index (χ1n) is 9.24. The number of pyridine rings is 1. The Morgan fingerprint density at radius 1 is 1.00 bits per heavy atom. The van der Waals surface area contributed by atoms with E-state index in [0.717, 1.165) is 0 Å². The van der Waals surface area contributed by atoms with Crippen LogP contribution in [0.3, 0.4) is 0 Å². The number of thioether (sulfide) groups is 1. The summed E-state index contributed by atoms with van der Waals surface area (Å²) in [5.74, 6) is 2.46. The number of amides is 1. The van der Waals surface area contributed by atoms with Crippen molar-refractivity contribution < 1.29 is 19.0 Å². The van der Waals surface area contributed by atoms with Crippen molar-refractivity contribution in [1.82, 2.24) is 15.0 Å². The van der Waals surface area contributed by atoms with Crippen LogP contribution in [-0.4, -0.2) is 48.6 Å². The third-order valence-corrected chi connectivity index (χ3v) is 4.91. The van der Waals surface area contributed by atoms with Gasteiger partial charge < -0.3 is 19.5 Å². The molecule has 0 saturated heterocycles. The molecular weight excluding hydrogens is 418 g/mol. The Labute approximate surface area is 184 Å². The predicted octanol–water partition coefficient (Wildman–Crippen LogP) is 4.13. The SMILES string of the molecule is COC(=O)N(Cc1cnc(SC)nc1Nc1ccc(OC)cn1)c1ccc(OC)cc1. The van der Waals surface area contributed by atoms with Crippen LogP contribution < -0.4 is 19.7 Å². The van der Waals surface area contributed by atoms with Crippen molar-refractivity contribution >= 4 is 35.2 Å². The number of anilines is 3. The number of carbonyl (C=O) groups is 1. The Balaban J connectivity index is 1.93. The molecule has 0 spiro atoms. The molecule has 0 saturated carbocycles. The van der Waals surface area contributed by atoms with E-state index in [-0.39, 0.29) is 6.54 Å². The molecule has 2 heterocycles. The lowest BCUT2D eigenvalue weighted by Gasteiger charge is -2.22. The van der Waals surface area contributed by atoms with Crippen molar-refractivity contribution in [3.8, 4) is 11.5 Å². The lowest BCUT2D eigenvalue weighted by atomic mass is 10.2. The Hall–Kier alpha value is -3.53. The third-order valence-electron chi connectivity index (χ3n) is 4.35. The first kappa shape index (κ1) is 22.2. The summed E-state index contributed by atoms with van der Waals surface area (Å²) in [5, 5.41) is 3.79. The molecule has 0 aliphatic carbocycles. The molecule has 0 aliphatic heterocycles. The predicted molar refractivity (Wildman–Crippen MR) is 119 cm³/mol. The van der Waals surface area contributed by atoms with E-state index in [1.807, 2.05) is 6.26 Å². The van der Waals surface area contributed by atoms with Crippen LogP contribution in [0, 0.1) is 0 Å². The Morgan fingerprint density at radius 2 is 1.71 bits per heavy atom. The van der Waals surface area contributed by atoms with Gasteiger partial charge in [0.15, 0.2) is 5.16 Å². The zero-order valence-corrected chi connectivity index (χ0v) is 18.5.